The average Bonchev–Trinajstić information content (AvgIpc) is 2.57. The summed E-state index contributed by atoms with van der Waals surface area (Å²) in [6.07, 6.45) is -1.54. The van der Waals surface area contributed by atoms with Crippen LogP contribution in [-0.2, 0) is 4.74 Å². The van der Waals surface area contributed by atoms with Gasteiger partial charge in [-0.05, 0) is 29.2 Å². The largest absolute Gasteiger partial charge is 0.492 e. The van der Waals surface area contributed by atoms with Gasteiger partial charge in [0.05, 0.1) is 6.61 Å². The number of benzene rings is 2. The minimum Gasteiger partial charge on any atom is -0.492 e. The predicted octanol–water partition coefficient (Wildman–Crippen LogP) is 5.17. The van der Waals surface area contributed by atoms with Crippen molar-refractivity contribution in [2.45, 2.75) is 39.7 Å². The molecule has 0 aromatic heterocycles. The summed E-state index contributed by atoms with van der Waals surface area (Å²) in [6, 6.07) is 10.9. The Labute approximate surface area is 153 Å². The zero-order chi connectivity index (χ0) is 19.1. The van der Waals surface area contributed by atoms with E-state index in [0.29, 0.717) is 29.4 Å². The van der Waals surface area contributed by atoms with Crippen LogP contribution in [-0.4, -0.2) is 12.7 Å². The Hall–Kier alpha value is -2.56. The Morgan fingerprint density at radius 1 is 1.31 bits per heavy atom. The van der Waals surface area contributed by atoms with E-state index in [2.05, 4.69) is 13.8 Å². The Bertz CT molecular complexity index is 845. The van der Waals surface area contributed by atoms with Gasteiger partial charge in [-0.1, -0.05) is 52.0 Å². The number of hydrogen-bond acceptors (Lipinski definition) is 3. The molecule has 0 aliphatic carbocycles. The summed E-state index contributed by atoms with van der Waals surface area (Å²) >= 11 is 0. The number of rotatable bonds is 3. The van der Waals surface area contributed by atoms with Gasteiger partial charge in [0.25, 0.3) is 0 Å². The molecule has 2 aromatic carbocycles. The molecule has 1 heterocycles. The summed E-state index contributed by atoms with van der Waals surface area (Å²) in [5, 5.41) is 0. The molecule has 1 amide bonds. The third kappa shape index (κ3) is 3.39. The van der Waals surface area contributed by atoms with Crippen molar-refractivity contribution >= 4 is 6.09 Å². The van der Waals surface area contributed by atoms with E-state index in [4.69, 9.17) is 15.2 Å². The van der Waals surface area contributed by atoms with Crippen molar-refractivity contribution < 1.29 is 18.7 Å². The molecule has 4 nitrogen and oxygen atoms in total. The number of halogens is 1. The van der Waals surface area contributed by atoms with Crippen LogP contribution in [0.5, 0.6) is 5.75 Å². The van der Waals surface area contributed by atoms with Crippen molar-refractivity contribution in [2.75, 3.05) is 6.61 Å². The maximum absolute atomic E-state index is 14.9. The minimum absolute atomic E-state index is 0.342. The lowest BCUT2D eigenvalue weighted by Crippen LogP contribution is -2.37. The monoisotopic (exact) mass is 357 g/mol. The molecule has 2 N–H and O–H groups in total. The summed E-state index contributed by atoms with van der Waals surface area (Å²) in [4.78, 5) is 11.3. The third-order valence-electron chi connectivity index (χ3n) is 4.79. The Morgan fingerprint density at radius 2 is 2.04 bits per heavy atom. The third-order valence-corrected chi connectivity index (χ3v) is 4.79. The highest BCUT2D eigenvalue weighted by Crippen LogP contribution is 2.47. The van der Waals surface area contributed by atoms with Crippen LogP contribution >= 0.6 is 0 Å². The van der Waals surface area contributed by atoms with Crippen LogP contribution < -0.4 is 10.5 Å². The van der Waals surface area contributed by atoms with Crippen molar-refractivity contribution in [2.24, 2.45) is 11.1 Å². The van der Waals surface area contributed by atoms with Crippen LogP contribution in [0, 0.1) is 11.2 Å². The van der Waals surface area contributed by atoms with Gasteiger partial charge in [0.2, 0.25) is 0 Å². The quantitative estimate of drug-likeness (QED) is 0.824. The second-order valence-electron chi connectivity index (χ2n) is 7.74. The second kappa shape index (κ2) is 6.63. The zero-order valence-electron chi connectivity index (χ0n) is 15.5. The van der Waals surface area contributed by atoms with E-state index in [0.717, 1.165) is 11.1 Å². The first kappa shape index (κ1) is 18.2. The molecular formula is C21H24FNO3. The maximum atomic E-state index is 14.9. The number of carbonyl (C=O) groups excluding carboxylic acids is 1. The van der Waals surface area contributed by atoms with Gasteiger partial charge >= 0.3 is 6.09 Å². The Kier molecular flexibility index (Phi) is 4.65. The van der Waals surface area contributed by atoms with Crippen LogP contribution in [0.2, 0.25) is 0 Å². The number of ether oxygens (including phenoxy) is 2. The van der Waals surface area contributed by atoms with Crippen molar-refractivity contribution in [3.63, 3.8) is 0 Å². The number of primary amides is 1. The van der Waals surface area contributed by atoms with E-state index in [1.165, 1.54) is 6.07 Å². The van der Waals surface area contributed by atoms with Gasteiger partial charge in [0, 0.05) is 16.5 Å². The highest BCUT2D eigenvalue weighted by Gasteiger charge is 2.41. The predicted molar refractivity (Wildman–Crippen MR) is 98.6 cm³/mol. The molecule has 1 aliphatic rings. The molecule has 26 heavy (non-hydrogen) atoms. The van der Waals surface area contributed by atoms with Crippen molar-refractivity contribution in [1.82, 2.24) is 0 Å². The first-order chi connectivity index (χ1) is 12.2. The summed E-state index contributed by atoms with van der Waals surface area (Å²) in [5.41, 5.74) is 7.59. The van der Waals surface area contributed by atoms with Gasteiger partial charge in [0.15, 0.2) is 0 Å². The number of carbonyl (C=O) groups is 1. The van der Waals surface area contributed by atoms with E-state index in [9.17, 15) is 9.18 Å². The molecule has 1 aliphatic heterocycles. The second-order valence-corrected chi connectivity index (χ2v) is 7.74. The van der Waals surface area contributed by atoms with Crippen molar-refractivity contribution in [3.05, 3.63) is 53.3 Å². The van der Waals surface area contributed by atoms with Gasteiger partial charge in [-0.3, -0.25) is 0 Å². The molecule has 1 unspecified atom stereocenters. The molecule has 0 spiro atoms. The summed E-state index contributed by atoms with van der Waals surface area (Å²) in [7, 11) is 0. The smallest absolute Gasteiger partial charge is 0.405 e. The number of hydrogen-bond donors (Lipinski definition) is 1. The maximum Gasteiger partial charge on any atom is 0.405 e. The molecule has 5 heteroatoms. The molecule has 2 aromatic rings. The van der Waals surface area contributed by atoms with E-state index >= 15 is 0 Å². The van der Waals surface area contributed by atoms with Gasteiger partial charge in [-0.2, -0.15) is 0 Å². The lowest BCUT2D eigenvalue weighted by Gasteiger charge is -2.38. The molecule has 0 saturated heterocycles. The van der Waals surface area contributed by atoms with Crippen LogP contribution in [0.3, 0.4) is 0 Å². The fraction of sp³-hybridized carbons (Fsp3) is 0.381. The van der Waals surface area contributed by atoms with Crippen LogP contribution in [0.25, 0.3) is 11.1 Å². The normalized spacial score (nSPS) is 18.2. The lowest BCUT2D eigenvalue weighted by atomic mass is 9.80. The SMILES string of the molecule is CC(C)c1cccc(-c2cc3c(cc2F)C(OC(N)=O)C(C)(C)CO3)c1. The number of nitrogens with two attached hydrogens (primary N) is 1. The van der Waals surface area contributed by atoms with Crippen molar-refractivity contribution in [1.29, 1.82) is 0 Å². The minimum atomic E-state index is -0.884. The zero-order valence-corrected chi connectivity index (χ0v) is 15.5. The molecule has 138 valence electrons. The van der Waals surface area contributed by atoms with E-state index in [1.807, 2.05) is 38.1 Å². The van der Waals surface area contributed by atoms with Gasteiger partial charge in [0.1, 0.15) is 17.7 Å². The van der Waals surface area contributed by atoms with Crippen LogP contribution in [0.1, 0.15) is 50.8 Å². The van der Waals surface area contributed by atoms with E-state index in [1.54, 1.807) is 6.07 Å². The Morgan fingerprint density at radius 3 is 2.69 bits per heavy atom. The number of fused-ring (bicyclic) bond motifs is 1. The standard InChI is InChI=1S/C21H24FNO3/c1-12(2)13-6-5-7-14(8-13)15-10-18-16(9-17(15)22)19(26-20(23)24)21(3,4)11-25-18/h5-10,12,19H,11H2,1-4H3,(H2,23,24). The average molecular weight is 357 g/mol. The molecule has 1 atom stereocenters. The molecular weight excluding hydrogens is 333 g/mol. The van der Waals surface area contributed by atoms with Crippen LogP contribution in [0.4, 0.5) is 9.18 Å². The molecule has 0 bridgehead atoms. The number of amides is 1. The summed E-state index contributed by atoms with van der Waals surface area (Å²) < 4.78 is 26.1. The van der Waals surface area contributed by atoms with Gasteiger partial charge in [-0.25, -0.2) is 9.18 Å². The summed E-state index contributed by atoms with van der Waals surface area (Å²) in [5.74, 6) is 0.479. The topological polar surface area (TPSA) is 61.5 Å². The molecule has 3 rings (SSSR count). The van der Waals surface area contributed by atoms with Gasteiger partial charge < -0.3 is 15.2 Å². The van der Waals surface area contributed by atoms with Crippen molar-refractivity contribution in [3.8, 4) is 16.9 Å². The first-order valence-electron chi connectivity index (χ1n) is 8.71. The van der Waals surface area contributed by atoms with E-state index < -0.39 is 17.6 Å². The molecule has 0 fully saturated rings. The highest BCUT2D eigenvalue weighted by atomic mass is 19.1. The molecule has 0 radical (unpaired) electrons. The Balaban J connectivity index is 2.08. The van der Waals surface area contributed by atoms with Gasteiger partial charge in [-0.15, -0.1) is 0 Å². The highest BCUT2D eigenvalue weighted by molar-refractivity contribution is 5.69. The fourth-order valence-corrected chi connectivity index (χ4v) is 3.28. The lowest BCUT2D eigenvalue weighted by molar-refractivity contribution is -0.0178. The summed E-state index contributed by atoms with van der Waals surface area (Å²) in [6.45, 7) is 8.32. The first-order valence-corrected chi connectivity index (χ1v) is 8.71. The van der Waals surface area contributed by atoms with E-state index in [-0.39, 0.29) is 5.82 Å². The molecule has 0 saturated carbocycles. The fourth-order valence-electron chi connectivity index (χ4n) is 3.28. The van der Waals surface area contributed by atoms with Crippen LogP contribution in [0.15, 0.2) is 36.4 Å².